The first-order valence-electron chi connectivity index (χ1n) is 11.9. The monoisotopic (exact) mass is 514 g/mol. The van der Waals surface area contributed by atoms with Crippen molar-refractivity contribution in [3.63, 3.8) is 0 Å². The lowest BCUT2D eigenvalue weighted by molar-refractivity contribution is -0.119. The van der Waals surface area contributed by atoms with Crippen molar-refractivity contribution in [2.75, 3.05) is 25.3 Å². The Morgan fingerprint density at radius 1 is 1.08 bits per heavy atom. The molecule has 2 aromatic rings. The molecule has 2 bridgehead atoms. The third-order valence-corrected chi connectivity index (χ3v) is 8.93. The Bertz CT molecular complexity index is 1320. The summed E-state index contributed by atoms with van der Waals surface area (Å²) < 4.78 is 44.4. The third kappa shape index (κ3) is 4.79. The summed E-state index contributed by atoms with van der Waals surface area (Å²) in [7, 11) is -3.79. The van der Waals surface area contributed by atoms with Crippen LogP contribution in [-0.4, -0.2) is 50.6 Å². The Morgan fingerprint density at radius 3 is 2.67 bits per heavy atom. The maximum Gasteiger partial charge on any atom is 0.338 e. The van der Waals surface area contributed by atoms with Gasteiger partial charge in [0.2, 0.25) is 16.8 Å². The molecule has 0 radical (unpaired) electrons. The molecular weight excluding hydrogens is 484 g/mol. The van der Waals surface area contributed by atoms with Crippen molar-refractivity contribution in [3.05, 3.63) is 48.0 Å². The fourth-order valence-electron chi connectivity index (χ4n) is 5.99. The molecule has 3 aliphatic rings. The Morgan fingerprint density at radius 2 is 1.86 bits per heavy atom. The van der Waals surface area contributed by atoms with Crippen LogP contribution in [0, 0.1) is 10.8 Å². The number of fused-ring (bicyclic) bond motifs is 3. The summed E-state index contributed by atoms with van der Waals surface area (Å²) >= 11 is 0. The molecule has 1 amide bonds. The number of hydrogen-bond donors (Lipinski definition) is 1. The molecule has 1 saturated heterocycles. The molecular formula is C26H30N2O7S. The summed E-state index contributed by atoms with van der Waals surface area (Å²) in [5.74, 6) is -0.209. The molecule has 192 valence electrons. The molecule has 2 fully saturated rings. The van der Waals surface area contributed by atoms with Crippen molar-refractivity contribution >= 4 is 27.6 Å². The molecule has 1 aliphatic carbocycles. The van der Waals surface area contributed by atoms with E-state index in [1.165, 1.54) is 24.3 Å². The maximum absolute atomic E-state index is 13.5. The van der Waals surface area contributed by atoms with Crippen molar-refractivity contribution in [1.82, 2.24) is 4.31 Å². The van der Waals surface area contributed by atoms with Gasteiger partial charge < -0.3 is 19.5 Å². The highest BCUT2D eigenvalue weighted by Gasteiger charge is 2.53. The van der Waals surface area contributed by atoms with E-state index in [-0.39, 0.29) is 34.1 Å². The number of nitrogens with zero attached hydrogens (tertiary/aromatic N) is 1. The van der Waals surface area contributed by atoms with Gasteiger partial charge in [0.05, 0.1) is 10.5 Å². The van der Waals surface area contributed by atoms with E-state index in [4.69, 9.17) is 14.2 Å². The lowest BCUT2D eigenvalue weighted by atomic mass is 9.65. The van der Waals surface area contributed by atoms with Gasteiger partial charge in [-0.1, -0.05) is 26.8 Å². The lowest BCUT2D eigenvalue weighted by Crippen LogP contribution is -2.37. The molecule has 2 heterocycles. The second kappa shape index (κ2) is 8.77. The number of rotatable bonds is 6. The van der Waals surface area contributed by atoms with Crippen molar-refractivity contribution in [3.8, 4) is 11.5 Å². The van der Waals surface area contributed by atoms with Crippen LogP contribution >= 0.6 is 0 Å². The van der Waals surface area contributed by atoms with Gasteiger partial charge >= 0.3 is 5.97 Å². The first kappa shape index (κ1) is 24.6. The predicted molar refractivity (Wildman–Crippen MR) is 131 cm³/mol. The molecule has 36 heavy (non-hydrogen) atoms. The van der Waals surface area contributed by atoms with Crippen LogP contribution in [0.1, 0.15) is 50.4 Å². The fourth-order valence-corrected chi connectivity index (χ4v) is 7.81. The van der Waals surface area contributed by atoms with Crippen LogP contribution in [0.3, 0.4) is 0 Å². The van der Waals surface area contributed by atoms with Crippen LogP contribution in [0.25, 0.3) is 0 Å². The van der Waals surface area contributed by atoms with Gasteiger partial charge in [0, 0.05) is 24.3 Å². The van der Waals surface area contributed by atoms with Crippen LogP contribution in [0.4, 0.5) is 5.69 Å². The first-order chi connectivity index (χ1) is 16.9. The minimum atomic E-state index is -3.79. The van der Waals surface area contributed by atoms with Crippen LogP contribution in [0.5, 0.6) is 11.5 Å². The second-order valence-electron chi connectivity index (χ2n) is 11.0. The summed E-state index contributed by atoms with van der Waals surface area (Å²) in [5, 5.41) is 2.63. The summed E-state index contributed by atoms with van der Waals surface area (Å²) in [4.78, 5) is 25.0. The molecule has 2 aromatic carbocycles. The molecule has 0 aromatic heterocycles. The van der Waals surface area contributed by atoms with E-state index in [1.807, 2.05) is 0 Å². The zero-order valence-corrected chi connectivity index (χ0v) is 21.4. The number of carbonyl (C=O) groups excluding carboxylic acids is 2. The molecule has 2 aliphatic heterocycles. The zero-order valence-electron chi connectivity index (χ0n) is 20.6. The first-order valence-corrected chi connectivity index (χ1v) is 13.4. The van der Waals surface area contributed by atoms with Gasteiger partial charge in [-0.3, -0.25) is 4.79 Å². The summed E-state index contributed by atoms with van der Waals surface area (Å²) in [5.41, 5.74) is 0.567. The Kier molecular flexibility index (Phi) is 5.99. The number of esters is 1. The SMILES string of the molecule is CC1(C)CC2CC(C)(CN2S(=O)(=O)c2cccc(C(=O)OCC(=O)Nc3ccc4c(c3)OCO4)c2)C1. The third-order valence-electron chi connectivity index (χ3n) is 7.03. The lowest BCUT2D eigenvalue weighted by Gasteiger charge is -2.39. The van der Waals surface area contributed by atoms with Crippen LogP contribution in [0.15, 0.2) is 47.4 Å². The quantitative estimate of drug-likeness (QED) is 0.584. The van der Waals surface area contributed by atoms with E-state index in [9.17, 15) is 18.0 Å². The van der Waals surface area contributed by atoms with Crippen LogP contribution < -0.4 is 14.8 Å². The van der Waals surface area contributed by atoms with Crippen molar-refractivity contribution in [2.24, 2.45) is 10.8 Å². The van der Waals surface area contributed by atoms with Gasteiger partial charge in [0.1, 0.15) is 0 Å². The van der Waals surface area contributed by atoms with Crippen molar-refractivity contribution in [2.45, 2.75) is 51.0 Å². The van der Waals surface area contributed by atoms with E-state index < -0.39 is 28.5 Å². The molecule has 2 atom stereocenters. The van der Waals surface area contributed by atoms with Gasteiger partial charge in [-0.25, -0.2) is 13.2 Å². The number of carbonyl (C=O) groups is 2. The average molecular weight is 515 g/mol. The average Bonchev–Trinajstić information content (AvgIpc) is 3.37. The highest BCUT2D eigenvalue weighted by molar-refractivity contribution is 7.89. The minimum Gasteiger partial charge on any atom is -0.454 e. The number of benzene rings is 2. The molecule has 5 rings (SSSR count). The smallest absolute Gasteiger partial charge is 0.338 e. The summed E-state index contributed by atoms with van der Waals surface area (Å²) in [6.07, 6.45) is 2.63. The molecule has 9 nitrogen and oxygen atoms in total. The zero-order chi connectivity index (χ0) is 25.7. The number of anilines is 1. The molecule has 0 spiro atoms. The number of hydrogen-bond acceptors (Lipinski definition) is 7. The molecule has 10 heteroatoms. The van der Waals surface area contributed by atoms with Gasteiger partial charge in [-0.2, -0.15) is 4.31 Å². The summed E-state index contributed by atoms with van der Waals surface area (Å²) in [6, 6.07) is 10.7. The number of amides is 1. The molecule has 1 N–H and O–H groups in total. The Hall–Kier alpha value is -3.11. The predicted octanol–water partition coefficient (Wildman–Crippen LogP) is 3.80. The number of nitrogens with one attached hydrogen (secondary N) is 1. The minimum absolute atomic E-state index is 0.0516. The maximum atomic E-state index is 13.5. The molecule has 2 unspecified atom stereocenters. The second-order valence-corrected chi connectivity index (χ2v) is 12.9. The van der Waals surface area contributed by atoms with E-state index in [2.05, 4.69) is 26.1 Å². The largest absolute Gasteiger partial charge is 0.454 e. The van der Waals surface area contributed by atoms with E-state index >= 15 is 0 Å². The Balaban J connectivity index is 1.24. The number of sulfonamides is 1. The highest BCUT2D eigenvalue weighted by atomic mass is 32.2. The van der Waals surface area contributed by atoms with Crippen molar-refractivity contribution in [1.29, 1.82) is 0 Å². The highest BCUT2D eigenvalue weighted by Crippen LogP contribution is 2.53. The fraction of sp³-hybridized carbons (Fsp3) is 0.462. The van der Waals surface area contributed by atoms with Gasteiger partial charge in [-0.15, -0.1) is 0 Å². The summed E-state index contributed by atoms with van der Waals surface area (Å²) in [6.45, 7) is 6.59. The number of ether oxygens (including phenoxy) is 3. The topological polar surface area (TPSA) is 111 Å². The van der Waals surface area contributed by atoms with Gasteiger partial charge in [-0.05, 0) is 60.4 Å². The van der Waals surface area contributed by atoms with Gasteiger partial charge in [0.25, 0.3) is 5.91 Å². The van der Waals surface area contributed by atoms with Crippen LogP contribution in [-0.2, 0) is 19.6 Å². The van der Waals surface area contributed by atoms with Crippen LogP contribution in [0.2, 0.25) is 0 Å². The standard InChI is InChI=1S/C26H30N2O7S/c1-25(2)11-19-12-26(3,14-25)15-28(19)36(31,32)20-6-4-5-17(9-20)24(30)33-13-23(29)27-18-7-8-21-22(10-18)35-16-34-21/h4-10,19H,11-16H2,1-3H3,(H,27,29). The van der Waals surface area contributed by atoms with Crippen molar-refractivity contribution < 1.29 is 32.2 Å². The van der Waals surface area contributed by atoms with E-state index in [0.29, 0.717) is 23.7 Å². The van der Waals surface area contributed by atoms with E-state index in [1.54, 1.807) is 22.5 Å². The van der Waals surface area contributed by atoms with Gasteiger partial charge in [0.15, 0.2) is 18.1 Å². The Labute approximate surface area is 210 Å². The van der Waals surface area contributed by atoms with E-state index in [0.717, 1.165) is 19.3 Å². The normalized spacial score (nSPS) is 24.4. The molecule has 1 saturated carbocycles.